The number of hydrogen-bond donors (Lipinski definition) is 2. The minimum atomic E-state index is -3.51. The minimum Gasteiger partial charge on any atom is -0.398 e. The Labute approximate surface area is 136 Å². The van der Waals surface area contributed by atoms with Gasteiger partial charge in [-0.2, -0.15) is 0 Å². The van der Waals surface area contributed by atoms with Gasteiger partial charge >= 0.3 is 0 Å². The van der Waals surface area contributed by atoms with E-state index in [0.717, 1.165) is 25.7 Å². The van der Waals surface area contributed by atoms with Gasteiger partial charge in [0.25, 0.3) is 0 Å². The first kappa shape index (κ1) is 18.5. The molecule has 3 N–H and O–H groups in total. The van der Waals surface area contributed by atoms with E-state index in [2.05, 4.69) is 34.5 Å². The molecule has 0 aliphatic rings. The molecule has 21 heavy (non-hydrogen) atoms. The summed E-state index contributed by atoms with van der Waals surface area (Å²) < 4.78 is 28.3. The lowest BCUT2D eigenvalue weighted by Gasteiger charge is -2.16. The number of nitrogen functional groups attached to an aromatic ring is 1. The summed E-state index contributed by atoms with van der Waals surface area (Å²) in [5, 5.41) is 0. The number of benzene rings is 1. The van der Waals surface area contributed by atoms with Crippen molar-refractivity contribution in [3.63, 3.8) is 0 Å². The van der Waals surface area contributed by atoms with Crippen molar-refractivity contribution in [1.29, 1.82) is 0 Å². The van der Waals surface area contributed by atoms with Crippen molar-refractivity contribution in [2.24, 2.45) is 5.92 Å². The van der Waals surface area contributed by atoms with Gasteiger partial charge < -0.3 is 5.73 Å². The van der Waals surface area contributed by atoms with E-state index >= 15 is 0 Å². The van der Waals surface area contributed by atoms with E-state index < -0.39 is 10.0 Å². The highest BCUT2D eigenvalue weighted by Gasteiger charge is 2.19. The van der Waals surface area contributed by atoms with Gasteiger partial charge in [0.15, 0.2) is 0 Å². The molecule has 1 aromatic rings. The summed E-state index contributed by atoms with van der Waals surface area (Å²) in [4.78, 5) is 0.258. The van der Waals surface area contributed by atoms with Gasteiger partial charge in [-0.3, -0.25) is 0 Å². The Morgan fingerprint density at radius 2 is 2.00 bits per heavy atom. The summed E-state index contributed by atoms with van der Waals surface area (Å²) in [6.07, 6.45) is 4.29. The predicted octanol–water partition coefficient (Wildman–Crippen LogP) is 3.83. The van der Waals surface area contributed by atoms with Gasteiger partial charge in [0, 0.05) is 16.7 Å². The van der Waals surface area contributed by atoms with Gasteiger partial charge in [-0.05, 0) is 52.9 Å². The van der Waals surface area contributed by atoms with Crippen LogP contribution in [-0.4, -0.2) is 15.0 Å². The number of nitrogens with two attached hydrogens (primary N) is 1. The molecule has 120 valence electrons. The number of hydrogen-bond acceptors (Lipinski definition) is 3. The molecule has 0 saturated carbocycles. The van der Waals surface area contributed by atoms with Gasteiger partial charge in [0.1, 0.15) is 0 Å². The lowest BCUT2D eigenvalue weighted by Crippen LogP contribution is -2.30. The minimum absolute atomic E-state index is 0.258. The van der Waals surface area contributed by atoms with Gasteiger partial charge in [0.05, 0.1) is 4.90 Å². The van der Waals surface area contributed by atoms with E-state index in [1.165, 1.54) is 6.07 Å². The van der Waals surface area contributed by atoms with Crippen LogP contribution in [0.2, 0.25) is 0 Å². The number of unbranched alkanes of at least 4 members (excludes halogenated alkanes) is 1. The highest BCUT2D eigenvalue weighted by molar-refractivity contribution is 9.10. The smallest absolute Gasteiger partial charge is 0.240 e. The average Bonchev–Trinajstić information content (AvgIpc) is 2.43. The van der Waals surface area contributed by atoms with Crippen molar-refractivity contribution in [2.45, 2.75) is 51.3 Å². The molecular weight excluding hydrogens is 352 g/mol. The summed E-state index contributed by atoms with van der Waals surface area (Å²) in [6, 6.07) is 3.24. The molecule has 0 radical (unpaired) electrons. The van der Waals surface area contributed by atoms with Crippen LogP contribution in [0.15, 0.2) is 21.5 Å². The molecule has 0 fully saturated rings. The Kier molecular flexibility index (Phi) is 7.16. The van der Waals surface area contributed by atoms with Gasteiger partial charge in [-0.1, -0.05) is 33.1 Å². The molecule has 0 amide bonds. The van der Waals surface area contributed by atoms with Gasteiger partial charge in [-0.25, -0.2) is 13.1 Å². The first-order valence-corrected chi connectivity index (χ1v) is 9.64. The first-order valence-electron chi connectivity index (χ1n) is 7.37. The first-order chi connectivity index (χ1) is 9.81. The summed E-state index contributed by atoms with van der Waals surface area (Å²) in [5.74, 6) is 0.382. The van der Waals surface area contributed by atoms with Crippen LogP contribution in [0.25, 0.3) is 0 Å². The van der Waals surface area contributed by atoms with Crippen LogP contribution >= 0.6 is 15.9 Å². The topological polar surface area (TPSA) is 72.2 Å². The van der Waals surface area contributed by atoms with Gasteiger partial charge in [0.2, 0.25) is 10.0 Å². The molecular formula is C15H25BrN2O2S. The zero-order valence-corrected chi connectivity index (χ0v) is 15.4. The van der Waals surface area contributed by atoms with E-state index in [1.54, 1.807) is 13.0 Å². The zero-order chi connectivity index (χ0) is 16.0. The van der Waals surface area contributed by atoms with Crippen LogP contribution < -0.4 is 10.5 Å². The number of anilines is 1. The van der Waals surface area contributed by atoms with Crippen molar-refractivity contribution in [3.8, 4) is 0 Å². The normalized spacial score (nSPS) is 13.3. The monoisotopic (exact) mass is 376 g/mol. The quantitative estimate of drug-likeness (QED) is 0.677. The third kappa shape index (κ3) is 5.27. The molecule has 1 unspecified atom stereocenters. The zero-order valence-electron chi connectivity index (χ0n) is 12.9. The van der Waals surface area contributed by atoms with E-state index in [-0.39, 0.29) is 4.90 Å². The Morgan fingerprint density at radius 3 is 2.57 bits per heavy atom. The van der Waals surface area contributed by atoms with E-state index in [9.17, 15) is 8.42 Å². The van der Waals surface area contributed by atoms with Crippen LogP contribution in [0.5, 0.6) is 0 Å². The fraction of sp³-hybridized carbons (Fsp3) is 0.600. The van der Waals surface area contributed by atoms with Crippen molar-refractivity contribution >= 4 is 31.6 Å². The van der Waals surface area contributed by atoms with Crippen LogP contribution in [0.1, 0.15) is 45.1 Å². The van der Waals surface area contributed by atoms with Crippen molar-refractivity contribution < 1.29 is 8.42 Å². The third-order valence-electron chi connectivity index (χ3n) is 3.69. The summed E-state index contributed by atoms with van der Waals surface area (Å²) in [7, 11) is -3.51. The highest BCUT2D eigenvalue weighted by Crippen LogP contribution is 2.26. The summed E-state index contributed by atoms with van der Waals surface area (Å²) in [6.45, 7) is 6.49. The second-order valence-electron chi connectivity index (χ2n) is 5.41. The lowest BCUT2D eigenvalue weighted by molar-refractivity contribution is 0.443. The highest BCUT2D eigenvalue weighted by atomic mass is 79.9. The van der Waals surface area contributed by atoms with E-state index in [0.29, 0.717) is 28.2 Å². The molecule has 0 spiro atoms. The standard InChI is InChI=1S/C15H25BrN2O2S/c1-4-6-7-12(5-2)10-18-21(19,20)15-9-14(17)13(16)8-11(15)3/h8-9,12,18H,4-7,10,17H2,1-3H3. The molecule has 0 saturated heterocycles. The molecule has 0 bridgehead atoms. The van der Waals surface area contributed by atoms with Crippen molar-refractivity contribution in [2.75, 3.05) is 12.3 Å². The second-order valence-corrected chi connectivity index (χ2v) is 8.00. The molecule has 0 aliphatic carbocycles. The fourth-order valence-corrected chi connectivity index (χ4v) is 4.04. The Balaban J connectivity index is 2.84. The summed E-state index contributed by atoms with van der Waals surface area (Å²) >= 11 is 3.31. The van der Waals surface area contributed by atoms with Crippen molar-refractivity contribution in [3.05, 3.63) is 22.2 Å². The van der Waals surface area contributed by atoms with Crippen molar-refractivity contribution in [1.82, 2.24) is 4.72 Å². The molecule has 1 aromatic carbocycles. The number of halogens is 1. The third-order valence-corrected chi connectivity index (χ3v) is 5.94. The largest absolute Gasteiger partial charge is 0.398 e. The maximum absolute atomic E-state index is 12.4. The number of sulfonamides is 1. The van der Waals surface area contributed by atoms with Crippen LogP contribution in [0.3, 0.4) is 0 Å². The number of nitrogens with one attached hydrogen (secondary N) is 1. The Bertz CT molecular complexity index is 573. The molecule has 1 atom stereocenters. The van der Waals surface area contributed by atoms with Crippen LogP contribution in [-0.2, 0) is 10.0 Å². The molecule has 1 rings (SSSR count). The number of aryl methyl sites for hydroxylation is 1. The Hall–Kier alpha value is -0.590. The van der Waals surface area contributed by atoms with E-state index in [1.807, 2.05) is 0 Å². The Morgan fingerprint density at radius 1 is 1.33 bits per heavy atom. The average molecular weight is 377 g/mol. The second kappa shape index (κ2) is 8.15. The lowest BCUT2D eigenvalue weighted by atomic mass is 10.00. The van der Waals surface area contributed by atoms with Crippen LogP contribution in [0.4, 0.5) is 5.69 Å². The maximum Gasteiger partial charge on any atom is 0.240 e. The molecule has 0 heterocycles. The molecule has 6 heteroatoms. The van der Waals surface area contributed by atoms with Crippen LogP contribution in [0, 0.1) is 12.8 Å². The SMILES string of the molecule is CCCCC(CC)CNS(=O)(=O)c1cc(N)c(Br)cc1C. The molecule has 0 aliphatic heterocycles. The predicted molar refractivity (Wildman–Crippen MR) is 91.8 cm³/mol. The van der Waals surface area contributed by atoms with Gasteiger partial charge in [-0.15, -0.1) is 0 Å². The fourth-order valence-electron chi connectivity index (χ4n) is 2.21. The molecule has 4 nitrogen and oxygen atoms in total. The van der Waals surface area contributed by atoms with E-state index in [4.69, 9.17) is 5.73 Å². The molecule has 0 aromatic heterocycles. The number of rotatable bonds is 8. The maximum atomic E-state index is 12.4. The summed E-state index contributed by atoms with van der Waals surface area (Å²) in [5.41, 5.74) is 6.91.